The van der Waals surface area contributed by atoms with E-state index in [4.69, 9.17) is 22.4 Å². The zero-order chi connectivity index (χ0) is 14.4. The van der Waals surface area contributed by atoms with Crippen molar-refractivity contribution in [3.8, 4) is 0 Å². The van der Waals surface area contributed by atoms with E-state index in [0.717, 1.165) is 0 Å². The van der Waals surface area contributed by atoms with Crippen molar-refractivity contribution in [2.75, 3.05) is 5.32 Å². The van der Waals surface area contributed by atoms with Gasteiger partial charge in [-0.1, -0.05) is 17.7 Å². The predicted octanol–water partition coefficient (Wildman–Crippen LogP) is 2.49. The Hall–Kier alpha value is -1.75. The van der Waals surface area contributed by atoms with Crippen molar-refractivity contribution in [1.29, 1.82) is 0 Å². The summed E-state index contributed by atoms with van der Waals surface area (Å²) >= 11 is 5.94. The number of halogens is 1. The molecule has 1 unspecified atom stereocenters. The lowest BCUT2D eigenvalue weighted by molar-refractivity contribution is -0.137. The number of amides is 1. The van der Waals surface area contributed by atoms with Crippen LogP contribution in [0.3, 0.4) is 0 Å². The lowest BCUT2D eigenvalue weighted by Crippen LogP contribution is -2.20. The number of carbonyl (C=O) groups excluding carboxylic acids is 1. The number of primary amides is 1. The van der Waals surface area contributed by atoms with Crippen molar-refractivity contribution in [2.24, 2.45) is 5.73 Å². The van der Waals surface area contributed by atoms with Gasteiger partial charge < -0.3 is 16.2 Å². The number of aliphatic carboxylic acids is 1. The minimum atomic E-state index is -0.812. The van der Waals surface area contributed by atoms with Crippen molar-refractivity contribution >= 4 is 29.2 Å². The predicted molar refractivity (Wildman–Crippen MR) is 74.5 cm³/mol. The van der Waals surface area contributed by atoms with E-state index in [1.54, 1.807) is 18.2 Å². The lowest BCUT2D eigenvalue weighted by Gasteiger charge is -2.17. The van der Waals surface area contributed by atoms with E-state index in [1.807, 2.05) is 6.92 Å². The number of nitrogens with one attached hydrogen (secondary N) is 1. The van der Waals surface area contributed by atoms with Gasteiger partial charge in [-0.2, -0.15) is 0 Å². The van der Waals surface area contributed by atoms with Crippen LogP contribution in [0.25, 0.3) is 0 Å². The normalized spacial score (nSPS) is 11.9. The minimum absolute atomic E-state index is 0.0240. The van der Waals surface area contributed by atoms with Crippen LogP contribution in [0, 0.1) is 0 Å². The standard InChI is InChI=1S/C13H17ClN2O3/c1-8(4-2-7-11(17)18)16-10-6-3-5-9(14)12(10)13(15)19/h3,5-6,8,16H,2,4,7H2,1H3,(H2,15,19)(H,17,18). The number of carboxylic acids is 1. The average molecular weight is 285 g/mol. The molecule has 0 aromatic heterocycles. The summed E-state index contributed by atoms with van der Waals surface area (Å²) in [7, 11) is 0. The first-order valence-electron chi connectivity index (χ1n) is 5.98. The number of anilines is 1. The number of nitrogens with two attached hydrogens (primary N) is 1. The van der Waals surface area contributed by atoms with E-state index >= 15 is 0 Å². The van der Waals surface area contributed by atoms with Crippen LogP contribution in [0.4, 0.5) is 5.69 Å². The summed E-state index contributed by atoms with van der Waals surface area (Å²) in [5.74, 6) is -1.40. The van der Waals surface area contributed by atoms with Gasteiger partial charge in [-0.05, 0) is 31.9 Å². The molecule has 0 aliphatic rings. The molecule has 0 fully saturated rings. The molecule has 0 heterocycles. The van der Waals surface area contributed by atoms with Gasteiger partial charge in [0.1, 0.15) is 0 Å². The van der Waals surface area contributed by atoms with Crippen molar-refractivity contribution in [1.82, 2.24) is 0 Å². The van der Waals surface area contributed by atoms with E-state index in [1.165, 1.54) is 0 Å². The van der Waals surface area contributed by atoms with Gasteiger partial charge in [0.15, 0.2) is 0 Å². The second-order valence-corrected chi connectivity index (χ2v) is 4.77. The first-order chi connectivity index (χ1) is 8.91. The monoisotopic (exact) mass is 284 g/mol. The van der Waals surface area contributed by atoms with Crippen LogP contribution >= 0.6 is 11.6 Å². The molecule has 1 rings (SSSR count). The van der Waals surface area contributed by atoms with Crippen molar-refractivity contribution in [2.45, 2.75) is 32.2 Å². The maximum atomic E-state index is 11.3. The lowest BCUT2D eigenvalue weighted by atomic mass is 10.1. The Morgan fingerprint density at radius 2 is 2.16 bits per heavy atom. The molecule has 104 valence electrons. The number of carbonyl (C=O) groups is 2. The molecule has 1 aromatic carbocycles. The maximum Gasteiger partial charge on any atom is 0.303 e. The number of carboxylic acid groups (broad SMARTS) is 1. The summed E-state index contributed by atoms with van der Waals surface area (Å²) in [6.45, 7) is 1.91. The van der Waals surface area contributed by atoms with Crippen LogP contribution in [0.2, 0.25) is 5.02 Å². The van der Waals surface area contributed by atoms with Gasteiger partial charge in [0.25, 0.3) is 5.91 Å². The minimum Gasteiger partial charge on any atom is -0.481 e. The topological polar surface area (TPSA) is 92.4 Å². The molecule has 0 radical (unpaired) electrons. The van der Waals surface area contributed by atoms with Gasteiger partial charge in [-0.25, -0.2) is 0 Å². The molecule has 4 N–H and O–H groups in total. The summed E-state index contributed by atoms with van der Waals surface area (Å²) in [5, 5.41) is 12.0. The van der Waals surface area contributed by atoms with Crippen LogP contribution in [0.15, 0.2) is 18.2 Å². The molecule has 0 aliphatic heterocycles. The number of rotatable bonds is 7. The molecule has 0 saturated heterocycles. The van der Waals surface area contributed by atoms with Crippen LogP contribution in [0.1, 0.15) is 36.5 Å². The zero-order valence-electron chi connectivity index (χ0n) is 10.6. The fourth-order valence-electron chi connectivity index (χ4n) is 1.79. The molecule has 0 aliphatic carbocycles. The third-order valence-electron chi connectivity index (χ3n) is 2.69. The Bertz CT molecular complexity index is 477. The number of hydrogen-bond acceptors (Lipinski definition) is 3. The maximum absolute atomic E-state index is 11.3. The molecule has 6 heteroatoms. The zero-order valence-corrected chi connectivity index (χ0v) is 11.4. The van der Waals surface area contributed by atoms with Crippen LogP contribution < -0.4 is 11.1 Å². The highest BCUT2D eigenvalue weighted by Gasteiger charge is 2.14. The summed E-state index contributed by atoms with van der Waals surface area (Å²) < 4.78 is 0. The largest absolute Gasteiger partial charge is 0.481 e. The van der Waals surface area contributed by atoms with Gasteiger partial charge in [0.05, 0.1) is 10.6 Å². The molecule has 1 aromatic rings. The Morgan fingerprint density at radius 1 is 1.47 bits per heavy atom. The molecule has 5 nitrogen and oxygen atoms in total. The third-order valence-corrected chi connectivity index (χ3v) is 3.00. The van der Waals surface area contributed by atoms with Crippen molar-refractivity contribution in [3.63, 3.8) is 0 Å². The third kappa shape index (κ3) is 4.79. The Kier molecular flexibility index (Phi) is 5.63. The number of hydrogen-bond donors (Lipinski definition) is 3. The Morgan fingerprint density at radius 3 is 2.74 bits per heavy atom. The fourth-order valence-corrected chi connectivity index (χ4v) is 2.06. The highest BCUT2D eigenvalue weighted by Crippen LogP contribution is 2.24. The summed E-state index contributed by atoms with van der Waals surface area (Å²) in [4.78, 5) is 21.8. The molecular formula is C13H17ClN2O3. The van der Waals surface area contributed by atoms with Crippen molar-refractivity contribution < 1.29 is 14.7 Å². The SMILES string of the molecule is CC(CCCC(=O)O)Nc1cccc(Cl)c1C(N)=O. The molecular weight excluding hydrogens is 268 g/mol. The molecule has 0 saturated carbocycles. The molecule has 0 bridgehead atoms. The first kappa shape index (κ1) is 15.3. The quantitative estimate of drug-likeness (QED) is 0.717. The Labute approximate surface area is 116 Å². The molecule has 0 spiro atoms. The number of benzene rings is 1. The van der Waals surface area contributed by atoms with Gasteiger partial charge in [0.2, 0.25) is 0 Å². The van der Waals surface area contributed by atoms with E-state index in [9.17, 15) is 9.59 Å². The highest BCUT2D eigenvalue weighted by molar-refractivity contribution is 6.34. The van der Waals surface area contributed by atoms with Gasteiger partial charge in [0, 0.05) is 18.2 Å². The van der Waals surface area contributed by atoms with Crippen LogP contribution in [-0.2, 0) is 4.79 Å². The van der Waals surface area contributed by atoms with Crippen LogP contribution in [-0.4, -0.2) is 23.0 Å². The second kappa shape index (κ2) is 6.99. The highest BCUT2D eigenvalue weighted by atomic mass is 35.5. The summed E-state index contributed by atoms with van der Waals surface area (Å²) in [5.41, 5.74) is 6.12. The second-order valence-electron chi connectivity index (χ2n) is 4.36. The smallest absolute Gasteiger partial charge is 0.303 e. The van der Waals surface area contributed by atoms with E-state index in [0.29, 0.717) is 23.6 Å². The van der Waals surface area contributed by atoms with E-state index in [-0.39, 0.29) is 18.0 Å². The van der Waals surface area contributed by atoms with E-state index in [2.05, 4.69) is 5.32 Å². The first-order valence-corrected chi connectivity index (χ1v) is 6.36. The van der Waals surface area contributed by atoms with E-state index < -0.39 is 11.9 Å². The van der Waals surface area contributed by atoms with Gasteiger partial charge >= 0.3 is 5.97 Å². The summed E-state index contributed by atoms with van der Waals surface area (Å²) in [6.07, 6.45) is 1.37. The fraction of sp³-hybridized carbons (Fsp3) is 0.385. The molecule has 1 atom stereocenters. The molecule has 1 amide bonds. The summed E-state index contributed by atoms with van der Waals surface area (Å²) in [6, 6.07) is 5.07. The van der Waals surface area contributed by atoms with Crippen molar-refractivity contribution in [3.05, 3.63) is 28.8 Å². The Balaban J connectivity index is 2.68. The van der Waals surface area contributed by atoms with Gasteiger partial charge in [-0.15, -0.1) is 0 Å². The van der Waals surface area contributed by atoms with Gasteiger partial charge in [-0.3, -0.25) is 9.59 Å². The average Bonchev–Trinajstić information content (AvgIpc) is 2.27. The van der Waals surface area contributed by atoms with Crippen LogP contribution in [0.5, 0.6) is 0 Å². The molecule has 19 heavy (non-hydrogen) atoms.